The quantitative estimate of drug-likeness (QED) is 0.198. The Hall–Kier alpha value is -4.35. The third-order valence-corrected chi connectivity index (χ3v) is 6.91. The molecule has 11 heteroatoms. The van der Waals surface area contributed by atoms with E-state index >= 15 is 0 Å². The van der Waals surface area contributed by atoms with Gasteiger partial charge in [-0.1, -0.05) is 36.4 Å². The predicted octanol–water partition coefficient (Wildman–Crippen LogP) is 5.15. The van der Waals surface area contributed by atoms with Crippen LogP contribution < -0.4 is 5.73 Å². The molecule has 4 N–H and O–H groups in total. The van der Waals surface area contributed by atoms with Crippen molar-refractivity contribution in [3.63, 3.8) is 0 Å². The standard InChI is InChI=1S/C28H31N5O3.CH2O3/c1-18(34)25-26(20-8-11-22(12-9-20)36-15-14-35-2)32-28-23(17-31-33(28)27(25)29)21-10-13-24(30-16-21)19-6-4-3-5-7-19;2-1(3)4/h3-7,10,13,16-17,20,22H,8-9,11-12,14-15,29H2,1-2H3;(H2,2,3,4). The first-order valence-corrected chi connectivity index (χ1v) is 13.0. The van der Waals surface area contributed by atoms with Gasteiger partial charge in [-0.3, -0.25) is 9.78 Å². The summed E-state index contributed by atoms with van der Waals surface area (Å²) in [5.41, 5.74) is 12.1. The molecule has 40 heavy (non-hydrogen) atoms. The highest BCUT2D eigenvalue weighted by Crippen LogP contribution is 2.38. The molecule has 5 rings (SSSR count). The van der Waals surface area contributed by atoms with Gasteiger partial charge in [0, 0.05) is 35.9 Å². The Morgan fingerprint density at radius 3 is 2.30 bits per heavy atom. The van der Waals surface area contributed by atoms with Crippen LogP contribution in [-0.2, 0) is 9.47 Å². The number of ketones is 1. The van der Waals surface area contributed by atoms with Gasteiger partial charge < -0.3 is 25.4 Å². The third-order valence-electron chi connectivity index (χ3n) is 6.91. The second kappa shape index (κ2) is 13.1. The van der Waals surface area contributed by atoms with E-state index in [9.17, 15) is 4.79 Å². The summed E-state index contributed by atoms with van der Waals surface area (Å²) in [7, 11) is 1.67. The SMILES string of the molecule is COCCOC1CCC(c2nc3c(-c4ccc(-c5ccccc5)nc4)cnn3c(N)c2C(C)=O)CC1.O=C(O)O. The second-order valence-electron chi connectivity index (χ2n) is 9.53. The lowest BCUT2D eigenvalue weighted by molar-refractivity contribution is -0.00298. The number of nitrogens with two attached hydrogens (primary N) is 1. The maximum absolute atomic E-state index is 12.7. The summed E-state index contributed by atoms with van der Waals surface area (Å²) in [6.07, 6.45) is 5.54. The Bertz CT molecular complexity index is 1440. The zero-order valence-electron chi connectivity index (χ0n) is 22.5. The largest absolute Gasteiger partial charge is 0.503 e. The molecular formula is C29H33N5O6. The predicted molar refractivity (Wildman–Crippen MR) is 150 cm³/mol. The van der Waals surface area contributed by atoms with E-state index in [1.807, 2.05) is 48.7 Å². The minimum absolute atomic E-state index is 0.0960. The highest BCUT2D eigenvalue weighted by molar-refractivity contribution is 6.00. The van der Waals surface area contributed by atoms with Crippen molar-refractivity contribution >= 4 is 23.4 Å². The molecular weight excluding hydrogens is 514 g/mol. The van der Waals surface area contributed by atoms with Gasteiger partial charge in [-0.15, -0.1) is 0 Å². The first kappa shape index (κ1) is 28.7. The number of hydrogen-bond donors (Lipinski definition) is 3. The molecule has 4 aromatic rings. The van der Waals surface area contributed by atoms with Crippen molar-refractivity contribution in [3.8, 4) is 22.4 Å². The number of carbonyl (C=O) groups is 2. The number of fused-ring (bicyclic) bond motifs is 1. The topological polar surface area (TPSA) is 162 Å². The van der Waals surface area contributed by atoms with E-state index in [2.05, 4.69) is 10.1 Å². The summed E-state index contributed by atoms with van der Waals surface area (Å²) in [5.74, 6) is 0.377. The van der Waals surface area contributed by atoms with Crippen molar-refractivity contribution in [1.82, 2.24) is 19.6 Å². The fourth-order valence-corrected chi connectivity index (χ4v) is 5.03. The van der Waals surface area contributed by atoms with E-state index in [4.69, 9.17) is 35.2 Å². The molecule has 1 aliphatic rings. The van der Waals surface area contributed by atoms with Crippen molar-refractivity contribution < 1.29 is 29.3 Å². The van der Waals surface area contributed by atoms with Crippen molar-refractivity contribution in [3.05, 3.63) is 66.1 Å². The van der Waals surface area contributed by atoms with Crippen LogP contribution in [0.3, 0.4) is 0 Å². The van der Waals surface area contributed by atoms with Crippen molar-refractivity contribution in [2.75, 3.05) is 26.1 Å². The van der Waals surface area contributed by atoms with Crippen LogP contribution in [0.25, 0.3) is 28.0 Å². The maximum atomic E-state index is 12.7. The normalized spacial score (nSPS) is 16.8. The third kappa shape index (κ3) is 6.61. The first-order valence-electron chi connectivity index (χ1n) is 13.0. The lowest BCUT2D eigenvalue weighted by atomic mass is 9.83. The van der Waals surface area contributed by atoms with Crippen molar-refractivity contribution in [2.24, 2.45) is 0 Å². The van der Waals surface area contributed by atoms with E-state index < -0.39 is 6.16 Å². The zero-order chi connectivity index (χ0) is 28.6. The molecule has 0 atom stereocenters. The Morgan fingerprint density at radius 1 is 1.00 bits per heavy atom. The van der Waals surface area contributed by atoms with Gasteiger partial charge in [-0.25, -0.2) is 9.78 Å². The summed E-state index contributed by atoms with van der Waals surface area (Å²) in [4.78, 5) is 30.9. The van der Waals surface area contributed by atoms with E-state index in [1.165, 1.54) is 0 Å². The van der Waals surface area contributed by atoms with Crippen LogP contribution in [0.15, 0.2) is 54.9 Å². The molecule has 1 aliphatic carbocycles. The molecule has 3 aromatic heterocycles. The van der Waals surface area contributed by atoms with Crippen LogP contribution in [0.1, 0.15) is 54.6 Å². The van der Waals surface area contributed by atoms with E-state index in [-0.39, 0.29) is 17.8 Å². The fraction of sp³-hybridized carbons (Fsp3) is 0.345. The summed E-state index contributed by atoms with van der Waals surface area (Å²) >= 11 is 0. The Morgan fingerprint density at radius 2 is 1.70 bits per heavy atom. The molecule has 0 unspecified atom stereocenters. The Kier molecular flexibility index (Phi) is 9.41. The van der Waals surface area contributed by atoms with Crippen molar-refractivity contribution in [2.45, 2.75) is 44.6 Å². The van der Waals surface area contributed by atoms with Gasteiger partial charge in [-0.05, 0) is 38.7 Å². The molecule has 1 saturated carbocycles. The van der Waals surface area contributed by atoms with Gasteiger partial charge in [0.15, 0.2) is 11.4 Å². The van der Waals surface area contributed by atoms with Gasteiger partial charge in [0.2, 0.25) is 0 Å². The lowest BCUT2D eigenvalue weighted by Crippen LogP contribution is -2.24. The number of nitrogen functional groups attached to an aromatic ring is 1. The number of benzene rings is 1. The van der Waals surface area contributed by atoms with Gasteiger partial charge in [0.25, 0.3) is 0 Å². The van der Waals surface area contributed by atoms with Crippen LogP contribution >= 0.6 is 0 Å². The van der Waals surface area contributed by atoms with Crippen LogP contribution in [0.5, 0.6) is 0 Å². The van der Waals surface area contributed by atoms with E-state index in [0.29, 0.717) is 30.2 Å². The monoisotopic (exact) mass is 547 g/mol. The number of nitrogens with zero attached hydrogens (tertiary/aromatic N) is 4. The van der Waals surface area contributed by atoms with Crippen LogP contribution in [-0.4, -0.2) is 68.2 Å². The lowest BCUT2D eigenvalue weighted by Gasteiger charge is -2.29. The summed E-state index contributed by atoms with van der Waals surface area (Å²) in [6.45, 7) is 2.73. The second-order valence-corrected chi connectivity index (χ2v) is 9.53. The zero-order valence-corrected chi connectivity index (χ0v) is 22.5. The maximum Gasteiger partial charge on any atom is 0.503 e. The average Bonchev–Trinajstić information content (AvgIpc) is 3.38. The summed E-state index contributed by atoms with van der Waals surface area (Å²) in [6, 6.07) is 14.1. The molecule has 0 amide bonds. The van der Waals surface area contributed by atoms with Gasteiger partial charge in [-0.2, -0.15) is 9.61 Å². The molecule has 0 saturated heterocycles. The number of carbonyl (C=O) groups excluding carboxylic acids is 1. The Balaban J connectivity index is 0.000000867. The molecule has 0 bridgehead atoms. The molecule has 1 aromatic carbocycles. The highest BCUT2D eigenvalue weighted by Gasteiger charge is 2.29. The molecule has 0 spiro atoms. The number of aromatic nitrogens is 4. The number of hydrogen-bond acceptors (Lipinski definition) is 8. The van der Waals surface area contributed by atoms with Crippen LogP contribution in [0.4, 0.5) is 10.6 Å². The summed E-state index contributed by atoms with van der Waals surface area (Å²) in [5, 5.41) is 18.4. The molecule has 3 heterocycles. The summed E-state index contributed by atoms with van der Waals surface area (Å²) < 4.78 is 12.6. The molecule has 11 nitrogen and oxygen atoms in total. The number of methoxy groups -OCH3 is 1. The van der Waals surface area contributed by atoms with E-state index in [1.54, 1.807) is 24.7 Å². The molecule has 0 radical (unpaired) electrons. The molecule has 0 aliphatic heterocycles. The van der Waals surface area contributed by atoms with Gasteiger partial charge >= 0.3 is 6.16 Å². The smallest absolute Gasteiger partial charge is 0.450 e. The van der Waals surface area contributed by atoms with Crippen molar-refractivity contribution in [1.29, 1.82) is 0 Å². The first-order chi connectivity index (χ1) is 19.3. The van der Waals surface area contributed by atoms with Crippen LogP contribution in [0.2, 0.25) is 0 Å². The molecule has 210 valence electrons. The number of rotatable bonds is 8. The van der Waals surface area contributed by atoms with Crippen LogP contribution in [0, 0.1) is 0 Å². The number of Topliss-reactive ketones (excluding diaryl/α,β-unsaturated/α-hetero) is 1. The number of ether oxygens (including phenoxy) is 2. The average molecular weight is 548 g/mol. The fourth-order valence-electron chi connectivity index (χ4n) is 5.03. The number of pyridine rings is 1. The minimum atomic E-state index is -1.83. The minimum Gasteiger partial charge on any atom is -0.450 e. The highest BCUT2D eigenvalue weighted by atomic mass is 16.6. The molecule has 1 fully saturated rings. The number of anilines is 1. The van der Waals surface area contributed by atoms with Gasteiger partial charge in [0.05, 0.1) is 42.5 Å². The number of carboxylic acid groups (broad SMARTS) is 2. The Labute approximate surface area is 231 Å². The van der Waals surface area contributed by atoms with Gasteiger partial charge in [0.1, 0.15) is 5.82 Å². The van der Waals surface area contributed by atoms with E-state index in [0.717, 1.165) is 53.8 Å².